The lowest BCUT2D eigenvalue weighted by Crippen LogP contribution is -2.44. The molecule has 0 fully saturated rings. The maximum absolute atomic E-state index is 13.5. The van der Waals surface area contributed by atoms with Crippen LogP contribution in [0, 0.1) is 0 Å². The molecule has 1 aromatic heterocycles. The fraction of sp³-hybridized carbons (Fsp3) is 0.615. The molecule has 5 nitrogen and oxygen atoms in total. The number of carbonyl (C=O) groups excluding carboxylic acids is 1. The second-order valence-corrected chi connectivity index (χ2v) is 5.45. The third-order valence-electron chi connectivity index (χ3n) is 2.18. The first-order valence-electron chi connectivity index (χ1n) is 6.24. The molecule has 20 heavy (non-hydrogen) atoms. The van der Waals surface area contributed by atoms with Crippen LogP contribution in [-0.2, 0) is 11.3 Å². The van der Waals surface area contributed by atoms with Crippen molar-refractivity contribution in [1.29, 1.82) is 0 Å². The summed E-state index contributed by atoms with van der Waals surface area (Å²) in [7, 11) is 0. The molecule has 0 bridgehead atoms. The minimum absolute atomic E-state index is 0.276. The largest absolute Gasteiger partial charge is 0.472 e. The van der Waals surface area contributed by atoms with Gasteiger partial charge in [-0.1, -0.05) is 0 Å². The minimum atomic E-state index is -3.05. The maximum Gasteiger partial charge on any atom is 0.407 e. The first kappa shape index (κ1) is 16.4. The smallest absolute Gasteiger partial charge is 0.407 e. The Morgan fingerprint density at radius 3 is 2.60 bits per heavy atom. The summed E-state index contributed by atoms with van der Waals surface area (Å²) >= 11 is 0. The fourth-order valence-corrected chi connectivity index (χ4v) is 1.36. The van der Waals surface area contributed by atoms with Gasteiger partial charge in [-0.3, -0.25) is 0 Å². The van der Waals surface area contributed by atoms with Gasteiger partial charge in [-0.05, 0) is 26.8 Å². The summed E-state index contributed by atoms with van der Waals surface area (Å²) in [6.45, 7) is 3.94. The van der Waals surface area contributed by atoms with Gasteiger partial charge in [0.2, 0.25) is 0 Å². The van der Waals surface area contributed by atoms with Gasteiger partial charge in [0.1, 0.15) is 5.60 Å². The highest BCUT2D eigenvalue weighted by Crippen LogP contribution is 2.12. The molecule has 114 valence electrons. The number of alkyl halides is 2. The number of hydrogen-bond acceptors (Lipinski definition) is 4. The molecule has 0 saturated heterocycles. The first-order valence-corrected chi connectivity index (χ1v) is 6.24. The Labute approximate surface area is 116 Å². The molecule has 0 radical (unpaired) electrons. The van der Waals surface area contributed by atoms with Crippen molar-refractivity contribution in [1.82, 2.24) is 10.6 Å². The molecule has 1 rings (SSSR count). The molecular formula is C13H20F2N2O3. The molecule has 0 aromatic carbocycles. The molecule has 0 unspecified atom stereocenters. The number of nitrogens with one attached hydrogen (secondary N) is 2. The van der Waals surface area contributed by atoms with E-state index in [9.17, 15) is 13.6 Å². The third kappa shape index (κ3) is 7.08. The predicted molar refractivity (Wildman–Crippen MR) is 69.6 cm³/mol. The van der Waals surface area contributed by atoms with Crippen LogP contribution in [0.15, 0.2) is 23.0 Å². The summed E-state index contributed by atoms with van der Waals surface area (Å²) in [5, 5.41) is 4.65. The molecule has 0 saturated carbocycles. The summed E-state index contributed by atoms with van der Waals surface area (Å²) in [5.41, 5.74) is 0.0692. The van der Waals surface area contributed by atoms with Crippen LogP contribution in [0.3, 0.4) is 0 Å². The van der Waals surface area contributed by atoms with Gasteiger partial charge >= 0.3 is 6.09 Å². The highest BCUT2D eigenvalue weighted by Gasteiger charge is 2.30. The van der Waals surface area contributed by atoms with Gasteiger partial charge < -0.3 is 19.8 Å². The van der Waals surface area contributed by atoms with E-state index in [1.807, 2.05) is 0 Å². The van der Waals surface area contributed by atoms with Crippen LogP contribution < -0.4 is 10.6 Å². The van der Waals surface area contributed by atoms with Crippen LogP contribution in [0.2, 0.25) is 0 Å². The van der Waals surface area contributed by atoms with Gasteiger partial charge in [0.05, 0.1) is 25.6 Å². The number of hydrogen-bond donors (Lipinski definition) is 2. The van der Waals surface area contributed by atoms with Crippen LogP contribution in [0.4, 0.5) is 13.6 Å². The van der Waals surface area contributed by atoms with E-state index in [0.717, 1.165) is 5.56 Å². The van der Waals surface area contributed by atoms with Crippen molar-refractivity contribution in [3.05, 3.63) is 24.2 Å². The fourth-order valence-electron chi connectivity index (χ4n) is 1.36. The van der Waals surface area contributed by atoms with E-state index >= 15 is 0 Å². The van der Waals surface area contributed by atoms with Crippen LogP contribution in [-0.4, -0.2) is 30.7 Å². The van der Waals surface area contributed by atoms with E-state index in [4.69, 9.17) is 9.15 Å². The average Bonchev–Trinajstić information content (AvgIpc) is 2.77. The second kappa shape index (κ2) is 6.69. The number of rotatable bonds is 6. The average molecular weight is 290 g/mol. The first-order chi connectivity index (χ1) is 9.18. The Morgan fingerprint density at radius 2 is 2.05 bits per heavy atom. The van der Waals surface area contributed by atoms with Crippen molar-refractivity contribution in [2.75, 3.05) is 13.1 Å². The number of alkyl carbamates (subject to hydrolysis) is 1. The highest BCUT2D eigenvalue weighted by atomic mass is 19.3. The Bertz CT molecular complexity index is 414. The van der Waals surface area contributed by atoms with Crippen molar-refractivity contribution in [3.63, 3.8) is 0 Å². The number of amides is 1. The van der Waals surface area contributed by atoms with E-state index in [0.29, 0.717) is 0 Å². The Hall–Kier alpha value is -1.63. The third-order valence-corrected chi connectivity index (χ3v) is 2.18. The topological polar surface area (TPSA) is 63.5 Å². The zero-order chi connectivity index (χ0) is 15.2. The van der Waals surface area contributed by atoms with Gasteiger partial charge in [-0.2, -0.15) is 0 Å². The van der Waals surface area contributed by atoms with Gasteiger partial charge in [0.15, 0.2) is 0 Å². The van der Waals surface area contributed by atoms with E-state index < -0.39 is 30.7 Å². The lowest BCUT2D eigenvalue weighted by Gasteiger charge is -2.22. The lowest BCUT2D eigenvalue weighted by molar-refractivity contribution is -0.00377. The normalized spacial score (nSPS) is 12.2. The molecule has 0 aliphatic carbocycles. The summed E-state index contributed by atoms with van der Waals surface area (Å²) < 4.78 is 36.7. The van der Waals surface area contributed by atoms with Crippen LogP contribution in [0.25, 0.3) is 0 Å². The zero-order valence-corrected chi connectivity index (χ0v) is 11.8. The summed E-state index contributed by atoms with van der Waals surface area (Å²) in [5.74, 6) is -3.05. The van der Waals surface area contributed by atoms with Crippen LogP contribution in [0.1, 0.15) is 26.3 Å². The molecule has 0 atom stereocenters. The molecule has 1 heterocycles. The SMILES string of the molecule is CC(C)(C)OC(=O)NCC(F)(F)CNCc1ccoc1. The maximum atomic E-state index is 13.5. The van der Waals surface area contributed by atoms with Gasteiger partial charge in [-0.15, -0.1) is 0 Å². The Morgan fingerprint density at radius 1 is 1.35 bits per heavy atom. The quantitative estimate of drug-likeness (QED) is 0.845. The molecule has 0 spiro atoms. The van der Waals surface area contributed by atoms with Crippen LogP contribution in [0.5, 0.6) is 0 Å². The number of carbonyl (C=O) groups is 1. The minimum Gasteiger partial charge on any atom is -0.472 e. The second-order valence-electron chi connectivity index (χ2n) is 5.45. The number of ether oxygens (including phenoxy) is 1. The summed E-state index contributed by atoms with van der Waals surface area (Å²) in [6, 6.07) is 1.68. The molecular weight excluding hydrogens is 270 g/mol. The monoisotopic (exact) mass is 290 g/mol. The van der Waals surface area contributed by atoms with Crippen molar-refractivity contribution in [2.24, 2.45) is 0 Å². The molecule has 1 amide bonds. The standard InChI is InChI=1S/C13H20F2N2O3/c1-12(2,3)20-11(18)17-9-13(14,15)8-16-6-10-4-5-19-7-10/h4-5,7,16H,6,8-9H2,1-3H3,(H,17,18). The lowest BCUT2D eigenvalue weighted by atomic mass is 10.2. The molecule has 0 aliphatic heterocycles. The summed E-state index contributed by atoms with van der Waals surface area (Å²) in [4.78, 5) is 11.3. The van der Waals surface area contributed by atoms with E-state index in [1.54, 1.807) is 26.8 Å². The van der Waals surface area contributed by atoms with Crippen molar-refractivity contribution in [3.8, 4) is 0 Å². The molecule has 7 heteroatoms. The van der Waals surface area contributed by atoms with E-state index in [-0.39, 0.29) is 6.54 Å². The predicted octanol–water partition coefficient (Wildman–Crippen LogP) is 2.53. The Kier molecular flexibility index (Phi) is 5.50. The molecule has 0 aliphatic rings. The highest BCUT2D eigenvalue weighted by molar-refractivity contribution is 5.67. The van der Waals surface area contributed by atoms with Crippen molar-refractivity contribution in [2.45, 2.75) is 38.8 Å². The van der Waals surface area contributed by atoms with E-state index in [1.165, 1.54) is 12.5 Å². The van der Waals surface area contributed by atoms with Crippen molar-refractivity contribution < 1.29 is 22.7 Å². The molecule has 2 N–H and O–H groups in total. The number of halogens is 2. The van der Waals surface area contributed by atoms with Crippen LogP contribution >= 0.6 is 0 Å². The summed E-state index contributed by atoms with van der Waals surface area (Å²) in [6.07, 6.45) is 2.09. The van der Waals surface area contributed by atoms with Crippen molar-refractivity contribution >= 4 is 6.09 Å². The number of furan rings is 1. The van der Waals surface area contributed by atoms with E-state index in [2.05, 4.69) is 10.6 Å². The van der Waals surface area contributed by atoms with Gasteiger partial charge in [0.25, 0.3) is 5.92 Å². The van der Waals surface area contributed by atoms with Gasteiger partial charge in [0, 0.05) is 12.1 Å². The molecule has 1 aromatic rings. The zero-order valence-electron chi connectivity index (χ0n) is 11.8. The van der Waals surface area contributed by atoms with Gasteiger partial charge in [-0.25, -0.2) is 13.6 Å². The Balaban J connectivity index is 2.25.